The minimum absolute atomic E-state index is 0.177. The fourth-order valence-electron chi connectivity index (χ4n) is 2.87. The van der Waals surface area contributed by atoms with Crippen LogP contribution in [0.4, 0.5) is 0 Å². The van der Waals surface area contributed by atoms with Crippen molar-refractivity contribution in [2.45, 2.75) is 73.1 Å². The van der Waals surface area contributed by atoms with E-state index >= 15 is 0 Å². The van der Waals surface area contributed by atoms with Crippen LogP contribution in [0.3, 0.4) is 0 Å². The highest BCUT2D eigenvalue weighted by Gasteiger charge is 2.45. The molecule has 0 aromatic rings. The van der Waals surface area contributed by atoms with Crippen LogP contribution in [0.15, 0.2) is 11.6 Å². The lowest BCUT2D eigenvalue weighted by atomic mass is 9.70. The maximum Gasteiger partial charge on any atom is 0.332 e. The van der Waals surface area contributed by atoms with Crippen molar-refractivity contribution in [2.75, 3.05) is 6.61 Å². The predicted octanol–water partition coefficient (Wildman–Crippen LogP) is 4.58. The highest BCUT2D eigenvalue weighted by Crippen LogP contribution is 2.41. The number of esters is 1. The van der Waals surface area contributed by atoms with Crippen LogP contribution in [0.2, 0.25) is 0 Å². The third-order valence-corrected chi connectivity index (χ3v) is 3.87. The molecule has 0 saturated carbocycles. The maximum atomic E-state index is 12.8. The molecule has 0 aliphatic heterocycles. The van der Waals surface area contributed by atoms with Gasteiger partial charge in [-0.2, -0.15) is 0 Å². The Bertz CT molecular complexity index is 385. The lowest BCUT2D eigenvalue weighted by Gasteiger charge is -2.34. The quantitative estimate of drug-likeness (QED) is 0.344. The van der Waals surface area contributed by atoms with E-state index in [9.17, 15) is 14.7 Å². The van der Waals surface area contributed by atoms with Crippen LogP contribution in [-0.4, -0.2) is 23.7 Å². The van der Waals surface area contributed by atoms with E-state index in [-0.39, 0.29) is 17.5 Å². The van der Waals surface area contributed by atoms with Gasteiger partial charge in [-0.1, -0.05) is 53.0 Å². The van der Waals surface area contributed by atoms with Gasteiger partial charge in [0.05, 0.1) is 17.6 Å². The predicted molar refractivity (Wildman–Crippen MR) is 88.7 cm³/mol. The molecule has 0 heterocycles. The highest BCUT2D eigenvalue weighted by molar-refractivity contribution is 5.97. The average Bonchev–Trinajstić information content (AvgIpc) is 2.44. The Hall–Kier alpha value is -1.32. The summed E-state index contributed by atoms with van der Waals surface area (Å²) in [5.74, 6) is -1.19. The van der Waals surface area contributed by atoms with Gasteiger partial charge < -0.3 is 9.84 Å². The molecular weight excluding hydrogens is 280 g/mol. The number of carboxylic acids is 1. The standard InChI is InChI=1S/C18H32O4/c1-6-9-11-18(13-14(4)5,15(8-3)16(19)20)17(21)22-12-10-7-2/h8,14H,6-7,9-13H2,1-5H3,(H,19,20). The number of hydrogen-bond acceptors (Lipinski definition) is 3. The maximum absolute atomic E-state index is 12.8. The van der Waals surface area contributed by atoms with E-state index in [1.54, 1.807) is 13.0 Å². The Morgan fingerprint density at radius 1 is 1.18 bits per heavy atom. The van der Waals surface area contributed by atoms with Gasteiger partial charge in [-0.05, 0) is 32.1 Å². The second-order valence-electron chi connectivity index (χ2n) is 6.28. The molecular formula is C18H32O4. The first kappa shape index (κ1) is 20.7. The second-order valence-corrected chi connectivity index (χ2v) is 6.28. The number of allylic oxidation sites excluding steroid dienone is 1. The zero-order valence-corrected chi connectivity index (χ0v) is 14.8. The van der Waals surface area contributed by atoms with Gasteiger partial charge in [0.1, 0.15) is 0 Å². The fourth-order valence-corrected chi connectivity index (χ4v) is 2.87. The largest absolute Gasteiger partial charge is 0.478 e. The summed E-state index contributed by atoms with van der Waals surface area (Å²) >= 11 is 0. The van der Waals surface area contributed by atoms with Crippen molar-refractivity contribution < 1.29 is 19.4 Å². The molecule has 4 heteroatoms. The lowest BCUT2D eigenvalue weighted by Crippen LogP contribution is -2.39. The zero-order valence-electron chi connectivity index (χ0n) is 14.8. The molecule has 1 unspecified atom stereocenters. The van der Waals surface area contributed by atoms with Gasteiger partial charge in [-0.15, -0.1) is 0 Å². The van der Waals surface area contributed by atoms with Crippen molar-refractivity contribution in [3.63, 3.8) is 0 Å². The van der Waals surface area contributed by atoms with Crippen LogP contribution < -0.4 is 0 Å². The molecule has 0 fully saturated rings. The van der Waals surface area contributed by atoms with E-state index in [2.05, 4.69) is 0 Å². The van der Waals surface area contributed by atoms with Crippen molar-refractivity contribution in [3.05, 3.63) is 11.6 Å². The number of aliphatic carboxylic acids is 1. The number of unbranched alkanes of at least 4 members (excludes halogenated alkanes) is 2. The van der Waals surface area contributed by atoms with E-state index in [4.69, 9.17) is 4.74 Å². The van der Waals surface area contributed by atoms with Gasteiger partial charge in [0.25, 0.3) is 0 Å². The zero-order chi connectivity index (χ0) is 17.2. The third-order valence-electron chi connectivity index (χ3n) is 3.87. The summed E-state index contributed by atoms with van der Waals surface area (Å²) in [6.45, 7) is 10.1. The van der Waals surface area contributed by atoms with E-state index in [1.165, 1.54) is 0 Å². The third kappa shape index (κ3) is 5.82. The molecule has 4 nitrogen and oxygen atoms in total. The second kappa shape index (κ2) is 10.4. The van der Waals surface area contributed by atoms with Gasteiger partial charge in [-0.25, -0.2) is 4.79 Å². The Labute approximate surface area is 134 Å². The smallest absolute Gasteiger partial charge is 0.332 e. The van der Waals surface area contributed by atoms with E-state index in [0.717, 1.165) is 25.7 Å². The Kier molecular flexibility index (Phi) is 9.79. The summed E-state index contributed by atoms with van der Waals surface area (Å²) in [5.41, 5.74) is -0.852. The molecule has 128 valence electrons. The first-order valence-corrected chi connectivity index (χ1v) is 8.42. The summed E-state index contributed by atoms with van der Waals surface area (Å²) in [6, 6.07) is 0. The van der Waals surface area contributed by atoms with Crippen molar-refractivity contribution in [1.29, 1.82) is 0 Å². The van der Waals surface area contributed by atoms with E-state index < -0.39 is 11.4 Å². The monoisotopic (exact) mass is 312 g/mol. The minimum atomic E-state index is -1.03. The molecule has 0 amide bonds. The van der Waals surface area contributed by atoms with Gasteiger partial charge in [0, 0.05) is 0 Å². The number of ether oxygens (including phenoxy) is 1. The Balaban J connectivity index is 5.62. The van der Waals surface area contributed by atoms with Crippen molar-refractivity contribution in [1.82, 2.24) is 0 Å². The van der Waals surface area contributed by atoms with Crippen LogP contribution >= 0.6 is 0 Å². The van der Waals surface area contributed by atoms with Gasteiger partial charge in [0.2, 0.25) is 0 Å². The van der Waals surface area contributed by atoms with Crippen LogP contribution in [0.5, 0.6) is 0 Å². The number of rotatable bonds is 11. The molecule has 0 radical (unpaired) electrons. The van der Waals surface area contributed by atoms with Crippen molar-refractivity contribution in [2.24, 2.45) is 11.3 Å². The molecule has 1 atom stereocenters. The SMILES string of the molecule is CC=C(C(=O)O)C(CCCC)(CC(C)C)C(=O)OCCCC. The number of carbonyl (C=O) groups excluding carboxylic acids is 1. The number of carbonyl (C=O) groups is 2. The molecule has 0 aromatic carbocycles. The molecule has 1 N–H and O–H groups in total. The van der Waals surface area contributed by atoms with Crippen molar-refractivity contribution >= 4 is 11.9 Å². The summed E-state index contributed by atoms with van der Waals surface area (Å²) in [6.07, 6.45) is 6.05. The highest BCUT2D eigenvalue weighted by atomic mass is 16.5. The summed E-state index contributed by atoms with van der Waals surface area (Å²) in [5, 5.41) is 9.57. The molecule has 0 aliphatic carbocycles. The molecule has 0 saturated heterocycles. The summed E-state index contributed by atoms with van der Waals surface area (Å²) < 4.78 is 5.44. The van der Waals surface area contributed by atoms with Gasteiger partial charge in [0.15, 0.2) is 0 Å². The minimum Gasteiger partial charge on any atom is -0.478 e. The Morgan fingerprint density at radius 2 is 1.77 bits per heavy atom. The molecule has 22 heavy (non-hydrogen) atoms. The van der Waals surface area contributed by atoms with E-state index in [0.29, 0.717) is 19.4 Å². The molecule has 0 spiro atoms. The average molecular weight is 312 g/mol. The van der Waals surface area contributed by atoms with Crippen LogP contribution in [0.1, 0.15) is 73.1 Å². The summed E-state index contributed by atoms with van der Waals surface area (Å²) in [7, 11) is 0. The fraction of sp³-hybridized carbons (Fsp3) is 0.778. The first-order valence-electron chi connectivity index (χ1n) is 8.42. The topological polar surface area (TPSA) is 63.6 Å². The Morgan fingerprint density at radius 3 is 2.18 bits per heavy atom. The van der Waals surface area contributed by atoms with Crippen LogP contribution in [-0.2, 0) is 14.3 Å². The van der Waals surface area contributed by atoms with E-state index in [1.807, 2.05) is 27.7 Å². The molecule has 0 aromatic heterocycles. The van der Waals surface area contributed by atoms with Gasteiger partial charge in [-0.3, -0.25) is 4.79 Å². The summed E-state index contributed by atoms with van der Waals surface area (Å²) in [4.78, 5) is 24.4. The number of carboxylic acid groups (broad SMARTS) is 1. The van der Waals surface area contributed by atoms with Crippen LogP contribution in [0.25, 0.3) is 0 Å². The molecule has 0 aliphatic rings. The van der Waals surface area contributed by atoms with Crippen LogP contribution in [0, 0.1) is 11.3 Å². The molecule has 0 bridgehead atoms. The normalized spacial score (nSPS) is 14.7. The molecule has 0 rings (SSSR count). The lowest BCUT2D eigenvalue weighted by molar-refractivity contribution is -0.157. The number of hydrogen-bond donors (Lipinski definition) is 1. The van der Waals surface area contributed by atoms with Gasteiger partial charge >= 0.3 is 11.9 Å². The van der Waals surface area contributed by atoms with Crippen molar-refractivity contribution in [3.8, 4) is 0 Å². The first-order chi connectivity index (χ1) is 10.4.